The smallest absolute Gasteiger partial charge is 0.254 e. The van der Waals surface area contributed by atoms with E-state index in [0.29, 0.717) is 10.2 Å². The summed E-state index contributed by atoms with van der Waals surface area (Å²) in [6, 6.07) is 10.9. The van der Waals surface area contributed by atoms with Crippen molar-refractivity contribution >= 4 is 18.1 Å². The number of hydrogen-bond donors (Lipinski definition) is 2. The number of aromatic amines is 1. The van der Waals surface area contributed by atoms with Crippen LogP contribution in [0.2, 0.25) is 0 Å². The van der Waals surface area contributed by atoms with Crippen LogP contribution in [0.4, 0.5) is 0 Å². The second-order valence-corrected chi connectivity index (χ2v) is 4.76. The Morgan fingerprint density at radius 3 is 2.75 bits per heavy atom. The third kappa shape index (κ3) is 3.05. The number of ether oxygens (including phenoxy) is 1. The molecule has 0 saturated carbocycles. The average molecular weight is 288 g/mol. The summed E-state index contributed by atoms with van der Waals surface area (Å²) in [6.45, 7) is 1.91. The molecule has 5 heteroatoms. The molecule has 1 aromatic heterocycles. The van der Waals surface area contributed by atoms with Crippen LogP contribution in [0.25, 0.3) is 0 Å². The number of amides is 1. The van der Waals surface area contributed by atoms with Crippen LogP contribution in [-0.2, 0) is 0 Å². The van der Waals surface area contributed by atoms with Gasteiger partial charge in [-0.05, 0) is 25.1 Å². The first-order valence-corrected chi connectivity index (χ1v) is 6.65. The molecule has 1 atom stereocenters. The van der Waals surface area contributed by atoms with Gasteiger partial charge in [0.25, 0.3) is 5.91 Å². The Morgan fingerprint density at radius 2 is 2.05 bits per heavy atom. The quantitative estimate of drug-likeness (QED) is 0.849. The number of rotatable bonds is 4. The molecule has 104 valence electrons. The van der Waals surface area contributed by atoms with Crippen molar-refractivity contribution in [1.82, 2.24) is 10.3 Å². The maximum absolute atomic E-state index is 12.2. The van der Waals surface area contributed by atoms with Crippen LogP contribution in [0, 0.1) is 4.64 Å². The lowest BCUT2D eigenvalue weighted by Gasteiger charge is -2.17. The number of aromatic nitrogens is 1. The zero-order valence-corrected chi connectivity index (χ0v) is 12.2. The lowest BCUT2D eigenvalue weighted by molar-refractivity contribution is 0.0938. The summed E-state index contributed by atoms with van der Waals surface area (Å²) in [5.74, 6) is 0.545. The Balaban J connectivity index is 2.20. The number of para-hydroxylation sites is 1. The van der Waals surface area contributed by atoms with Gasteiger partial charge < -0.3 is 15.0 Å². The normalized spacial score (nSPS) is 11.7. The van der Waals surface area contributed by atoms with Crippen molar-refractivity contribution in [3.8, 4) is 5.75 Å². The molecule has 1 aromatic carbocycles. The second kappa shape index (κ2) is 6.34. The summed E-state index contributed by atoms with van der Waals surface area (Å²) in [7, 11) is 1.61. The van der Waals surface area contributed by atoms with Crippen molar-refractivity contribution < 1.29 is 9.53 Å². The predicted molar refractivity (Wildman–Crippen MR) is 80.5 cm³/mol. The summed E-state index contributed by atoms with van der Waals surface area (Å²) in [6.07, 6.45) is 1.70. The SMILES string of the molecule is COc1ccccc1[C@H](C)NC(=O)c1ccc[nH]c1=S. The van der Waals surface area contributed by atoms with E-state index in [1.807, 2.05) is 31.2 Å². The molecule has 2 N–H and O–H groups in total. The van der Waals surface area contributed by atoms with Crippen LogP contribution in [0.3, 0.4) is 0 Å². The fraction of sp³-hybridized carbons (Fsp3) is 0.200. The Morgan fingerprint density at radius 1 is 1.30 bits per heavy atom. The third-order valence-electron chi connectivity index (χ3n) is 3.02. The Labute approximate surface area is 122 Å². The Kier molecular flexibility index (Phi) is 4.53. The summed E-state index contributed by atoms with van der Waals surface area (Å²) in [5, 5.41) is 2.92. The van der Waals surface area contributed by atoms with Gasteiger partial charge in [-0.1, -0.05) is 30.4 Å². The maximum Gasteiger partial charge on any atom is 0.254 e. The molecule has 0 spiro atoms. The van der Waals surface area contributed by atoms with Crippen molar-refractivity contribution in [1.29, 1.82) is 0 Å². The van der Waals surface area contributed by atoms with Gasteiger partial charge in [0.2, 0.25) is 0 Å². The van der Waals surface area contributed by atoms with E-state index in [4.69, 9.17) is 17.0 Å². The van der Waals surface area contributed by atoms with Gasteiger partial charge in [-0.3, -0.25) is 4.79 Å². The Bertz CT molecular complexity index is 667. The van der Waals surface area contributed by atoms with Crippen LogP contribution in [0.5, 0.6) is 5.75 Å². The monoisotopic (exact) mass is 288 g/mol. The van der Waals surface area contributed by atoms with Crippen LogP contribution < -0.4 is 10.1 Å². The molecule has 0 aliphatic heterocycles. The van der Waals surface area contributed by atoms with Crippen LogP contribution in [0.15, 0.2) is 42.6 Å². The molecular weight excluding hydrogens is 272 g/mol. The molecule has 0 aliphatic carbocycles. The van der Waals surface area contributed by atoms with E-state index in [9.17, 15) is 4.79 Å². The highest BCUT2D eigenvalue weighted by Gasteiger charge is 2.15. The maximum atomic E-state index is 12.2. The van der Waals surface area contributed by atoms with E-state index >= 15 is 0 Å². The molecule has 0 radical (unpaired) electrons. The number of carbonyl (C=O) groups excluding carboxylic acids is 1. The van der Waals surface area contributed by atoms with E-state index in [1.165, 1.54) is 0 Å². The van der Waals surface area contributed by atoms with Crippen molar-refractivity contribution in [3.05, 3.63) is 58.4 Å². The van der Waals surface area contributed by atoms with Gasteiger partial charge >= 0.3 is 0 Å². The van der Waals surface area contributed by atoms with Crippen LogP contribution >= 0.6 is 12.2 Å². The van der Waals surface area contributed by atoms with Crippen molar-refractivity contribution in [2.45, 2.75) is 13.0 Å². The number of H-pyrrole nitrogens is 1. The lowest BCUT2D eigenvalue weighted by atomic mass is 10.1. The first-order valence-electron chi connectivity index (χ1n) is 6.25. The zero-order chi connectivity index (χ0) is 14.5. The molecule has 0 bridgehead atoms. The minimum atomic E-state index is -0.203. The largest absolute Gasteiger partial charge is 0.496 e. The van der Waals surface area contributed by atoms with Gasteiger partial charge in [0, 0.05) is 11.8 Å². The van der Waals surface area contributed by atoms with Gasteiger partial charge in [-0.2, -0.15) is 0 Å². The zero-order valence-electron chi connectivity index (χ0n) is 11.3. The van der Waals surface area contributed by atoms with E-state index in [2.05, 4.69) is 10.3 Å². The molecule has 0 saturated heterocycles. The van der Waals surface area contributed by atoms with Gasteiger partial charge in [0.05, 0.1) is 18.7 Å². The van der Waals surface area contributed by atoms with E-state index in [0.717, 1.165) is 11.3 Å². The molecular formula is C15H16N2O2S. The second-order valence-electron chi connectivity index (χ2n) is 4.35. The van der Waals surface area contributed by atoms with Crippen molar-refractivity contribution in [3.63, 3.8) is 0 Å². The third-order valence-corrected chi connectivity index (χ3v) is 3.35. The summed E-state index contributed by atoms with van der Waals surface area (Å²) >= 11 is 5.11. The standard InChI is InChI=1S/C15H16N2O2S/c1-10(11-6-3-4-8-13(11)19-2)17-14(18)12-7-5-9-16-15(12)20/h3-10H,1-2H3,(H,16,20)(H,17,18)/t10-/m0/s1. The van der Waals surface area contributed by atoms with Gasteiger partial charge in [0.1, 0.15) is 10.4 Å². The molecule has 2 aromatic rings. The minimum absolute atomic E-state index is 0.173. The number of hydrogen-bond acceptors (Lipinski definition) is 3. The van der Waals surface area contributed by atoms with E-state index in [-0.39, 0.29) is 11.9 Å². The minimum Gasteiger partial charge on any atom is -0.496 e. The fourth-order valence-corrected chi connectivity index (χ4v) is 2.21. The predicted octanol–water partition coefficient (Wildman–Crippen LogP) is 3.24. The molecule has 2 rings (SSSR count). The number of benzene rings is 1. The van der Waals surface area contributed by atoms with Crippen molar-refractivity contribution in [2.75, 3.05) is 7.11 Å². The molecule has 0 fully saturated rings. The first kappa shape index (κ1) is 14.3. The average Bonchev–Trinajstić information content (AvgIpc) is 2.47. The van der Waals surface area contributed by atoms with Crippen molar-refractivity contribution in [2.24, 2.45) is 0 Å². The molecule has 1 amide bonds. The highest BCUT2D eigenvalue weighted by atomic mass is 32.1. The molecule has 0 aliphatic rings. The van der Waals surface area contributed by atoms with Gasteiger partial charge in [-0.25, -0.2) is 0 Å². The number of nitrogens with one attached hydrogen (secondary N) is 2. The summed E-state index contributed by atoms with van der Waals surface area (Å²) in [5.41, 5.74) is 1.39. The van der Waals surface area contributed by atoms with Gasteiger partial charge in [-0.15, -0.1) is 0 Å². The van der Waals surface area contributed by atoms with Crippen LogP contribution in [0.1, 0.15) is 28.9 Å². The highest BCUT2D eigenvalue weighted by Crippen LogP contribution is 2.24. The number of carbonyl (C=O) groups is 1. The first-order chi connectivity index (χ1) is 9.63. The van der Waals surface area contributed by atoms with E-state index in [1.54, 1.807) is 25.4 Å². The topological polar surface area (TPSA) is 54.1 Å². The lowest BCUT2D eigenvalue weighted by Crippen LogP contribution is -2.27. The summed E-state index contributed by atoms with van der Waals surface area (Å²) in [4.78, 5) is 15.1. The number of methoxy groups -OCH3 is 1. The van der Waals surface area contributed by atoms with Crippen LogP contribution in [-0.4, -0.2) is 18.0 Å². The Hall–Kier alpha value is -2.14. The fourth-order valence-electron chi connectivity index (χ4n) is 1.98. The highest BCUT2D eigenvalue weighted by molar-refractivity contribution is 7.71. The molecule has 4 nitrogen and oxygen atoms in total. The molecule has 1 heterocycles. The van der Waals surface area contributed by atoms with Gasteiger partial charge in [0.15, 0.2) is 0 Å². The number of pyridine rings is 1. The summed E-state index contributed by atoms with van der Waals surface area (Å²) < 4.78 is 5.73. The molecule has 0 unspecified atom stereocenters. The molecule has 20 heavy (non-hydrogen) atoms. The van der Waals surface area contributed by atoms with E-state index < -0.39 is 0 Å².